The molecule has 0 unspecified atom stereocenters. The van der Waals surface area contributed by atoms with Gasteiger partial charge in [0.2, 0.25) is 5.91 Å². The molecule has 1 aliphatic heterocycles. The quantitative estimate of drug-likeness (QED) is 0.656. The molecule has 26 heavy (non-hydrogen) atoms. The second kappa shape index (κ2) is 6.67. The summed E-state index contributed by atoms with van der Waals surface area (Å²) in [7, 11) is 1.54. The van der Waals surface area contributed by atoms with Crippen LogP contribution in [-0.2, 0) is 6.42 Å². The van der Waals surface area contributed by atoms with Crippen LogP contribution in [0.2, 0.25) is 0 Å². The number of hydrogen-bond donors (Lipinski definition) is 2. The zero-order valence-electron chi connectivity index (χ0n) is 15.1. The van der Waals surface area contributed by atoms with E-state index in [1.54, 1.807) is 36.4 Å². The van der Waals surface area contributed by atoms with Crippen LogP contribution in [0.15, 0.2) is 48.5 Å². The summed E-state index contributed by atoms with van der Waals surface area (Å²) in [5, 5.41) is 3.40. The predicted molar refractivity (Wildman–Crippen MR) is 101 cm³/mol. The fourth-order valence-electron chi connectivity index (χ4n) is 3.26. The van der Waals surface area contributed by atoms with Gasteiger partial charge in [0.15, 0.2) is 5.78 Å². The predicted octanol–water partition coefficient (Wildman–Crippen LogP) is 2.94. The number of ketones is 1. The van der Waals surface area contributed by atoms with E-state index in [9.17, 15) is 9.59 Å². The summed E-state index contributed by atoms with van der Waals surface area (Å²) >= 11 is 0. The number of nitrogens with one attached hydrogen (secondary N) is 1. The summed E-state index contributed by atoms with van der Waals surface area (Å²) < 4.78 is 5.28. The third kappa shape index (κ3) is 3.47. The molecular weight excluding hydrogens is 328 g/mol. The maximum absolute atomic E-state index is 12.8. The molecule has 0 bridgehead atoms. The Morgan fingerprint density at radius 1 is 1.19 bits per heavy atom. The van der Waals surface area contributed by atoms with Gasteiger partial charge < -0.3 is 15.8 Å². The van der Waals surface area contributed by atoms with Crippen molar-refractivity contribution in [1.82, 2.24) is 5.32 Å². The number of hydrogen-bond acceptors (Lipinski definition) is 4. The Morgan fingerprint density at radius 2 is 1.92 bits per heavy atom. The number of carbonyl (C=O) groups excluding carboxylic acids is 2. The van der Waals surface area contributed by atoms with Crippen LogP contribution in [-0.4, -0.2) is 24.3 Å². The number of rotatable bonds is 4. The highest BCUT2D eigenvalue weighted by atomic mass is 16.5. The van der Waals surface area contributed by atoms with Crippen LogP contribution in [0.5, 0.6) is 5.75 Å². The SMILES string of the molecule is COc1ccccc1C(=O)C=C1NC(C)(C)Cc2ccc(C(N)=O)cc21. The number of amides is 1. The molecule has 5 nitrogen and oxygen atoms in total. The van der Waals surface area contributed by atoms with Gasteiger partial charge in [0.25, 0.3) is 0 Å². The van der Waals surface area contributed by atoms with Crippen molar-refractivity contribution in [1.29, 1.82) is 0 Å². The van der Waals surface area contributed by atoms with Gasteiger partial charge in [0.05, 0.1) is 12.7 Å². The molecule has 3 rings (SSSR count). The highest BCUT2D eigenvalue weighted by Crippen LogP contribution is 2.31. The highest BCUT2D eigenvalue weighted by molar-refractivity contribution is 6.10. The number of ether oxygens (including phenoxy) is 1. The first-order valence-electron chi connectivity index (χ1n) is 8.41. The van der Waals surface area contributed by atoms with Gasteiger partial charge in [-0.1, -0.05) is 18.2 Å². The molecule has 0 atom stereocenters. The van der Waals surface area contributed by atoms with Gasteiger partial charge >= 0.3 is 0 Å². The molecule has 0 spiro atoms. The molecule has 0 fully saturated rings. The average molecular weight is 350 g/mol. The highest BCUT2D eigenvalue weighted by Gasteiger charge is 2.28. The van der Waals surface area contributed by atoms with Crippen molar-refractivity contribution in [2.24, 2.45) is 5.73 Å². The zero-order valence-corrected chi connectivity index (χ0v) is 15.1. The van der Waals surface area contributed by atoms with Crippen molar-refractivity contribution in [3.8, 4) is 5.75 Å². The van der Waals surface area contributed by atoms with Gasteiger partial charge in [-0.2, -0.15) is 0 Å². The molecule has 1 heterocycles. The Morgan fingerprint density at radius 3 is 2.62 bits per heavy atom. The monoisotopic (exact) mass is 350 g/mol. The Hall–Kier alpha value is -3.08. The lowest BCUT2D eigenvalue weighted by Crippen LogP contribution is -2.44. The minimum atomic E-state index is -0.493. The van der Waals surface area contributed by atoms with Crippen LogP contribution in [0, 0.1) is 0 Å². The van der Waals surface area contributed by atoms with E-state index >= 15 is 0 Å². The number of methoxy groups -OCH3 is 1. The number of para-hydroxylation sites is 1. The molecule has 5 heteroatoms. The van der Waals surface area contributed by atoms with Crippen LogP contribution in [0.3, 0.4) is 0 Å². The minimum absolute atomic E-state index is 0.168. The van der Waals surface area contributed by atoms with Gasteiger partial charge in [0, 0.05) is 28.4 Å². The molecule has 0 saturated carbocycles. The first kappa shape index (κ1) is 17.7. The van der Waals surface area contributed by atoms with E-state index < -0.39 is 5.91 Å². The van der Waals surface area contributed by atoms with E-state index in [-0.39, 0.29) is 11.3 Å². The fraction of sp³-hybridized carbons (Fsp3) is 0.238. The molecule has 0 radical (unpaired) electrons. The molecule has 0 aromatic heterocycles. The molecule has 2 aromatic rings. The van der Waals surface area contributed by atoms with Crippen LogP contribution in [0.1, 0.15) is 45.7 Å². The van der Waals surface area contributed by atoms with Gasteiger partial charge in [-0.3, -0.25) is 9.59 Å². The topological polar surface area (TPSA) is 81.4 Å². The average Bonchev–Trinajstić information content (AvgIpc) is 2.60. The Balaban J connectivity index is 2.09. The van der Waals surface area contributed by atoms with E-state index in [0.717, 1.165) is 17.5 Å². The van der Waals surface area contributed by atoms with E-state index in [1.165, 1.54) is 7.11 Å². The number of allylic oxidation sites excluding steroid dienone is 1. The van der Waals surface area contributed by atoms with Gasteiger partial charge in [-0.25, -0.2) is 0 Å². The third-order valence-corrected chi connectivity index (χ3v) is 4.44. The lowest BCUT2D eigenvalue weighted by atomic mass is 9.84. The summed E-state index contributed by atoms with van der Waals surface area (Å²) in [6, 6.07) is 12.5. The fourth-order valence-corrected chi connectivity index (χ4v) is 3.26. The largest absolute Gasteiger partial charge is 0.496 e. The van der Waals surface area contributed by atoms with Gasteiger partial charge in [0.1, 0.15) is 5.75 Å². The first-order valence-corrected chi connectivity index (χ1v) is 8.41. The molecule has 0 saturated heterocycles. The van der Waals surface area contributed by atoms with Crippen LogP contribution in [0.25, 0.3) is 5.70 Å². The second-order valence-electron chi connectivity index (χ2n) is 7.04. The Kier molecular flexibility index (Phi) is 4.55. The van der Waals surface area contributed by atoms with E-state index in [2.05, 4.69) is 19.2 Å². The molecule has 3 N–H and O–H groups in total. The lowest BCUT2D eigenvalue weighted by Gasteiger charge is -2.35. The molecular formula is C21H22N2O3. The maximum Gasteiger partial charge on any atom is 0.248 e. The Bertz CT molecular complexity index is 913. The van der Waals surface area contributed by atoms with Crippen molar-refractivity contribution in [3.63, 3.8) is 0 Å². The van der Waals surface area contributed by atoms with E-state index in [0.29, 0.717) is 22.6 Å². The summed E-state index contributed by atoms with van der Waals surface area (Å²) in [5.41, 5.74) is 8.67. The zero-order chi connectivity index (χ0) is 18.9. The van der Waals surface area contributed by atoms with E-state index in [1.807, 2.05) is 12.1 Å². The van der Waals surface area contributed by atoms with Crippen LogP contribution >= 0.6 is 0 Å². The van der Waals surface area contributed by atoms with Crippen molar-refractivity contribution < 1.29 is 14.3 Å². The van der Waals surface area contributed by atoms with Gasteiger partial charge in [-0.05, 0) is 50.1 Å². The molecule has 2 aromatic carbocycles. The van der Waals surface area contributed by atoms with Crippen LogP contribution in [0.4, 0.5) is 0 Å². The van der Waals surface area contributed by atoms with Crippen molar-refractivity contribution in [2.45, 2.75) is 25.8 Å². The van der Waals surface area contributed by atoms with E-state index in [4.69, 9.17) is 10.5 Å². The normalized spacial score (nSPS) is 16.5. The smallest absolute Gasteiger partial charge is 0.248 e. The lowest BCUT2D eigenvalue weighted by molar-refractivity contribution is 0.0998. The first-order chi connectivity index (χ1) is 12.3. The standard InChI is InChI=1S/C21H22N2O3/c1-21(2)12-14-9-8-13(20(22)25)10-16(14)17(23-21)11-18(24)15-6-4-5-7-19(15)26-3/h4-11,23H,12H2,1-3H3,(H2,22,25). The number of nitrogens with two attached hydrogens (primary N) is 1. The molecule has 1 aliphatic rings. The number of primary amides is 1. The summed E-state index contributed by atoms with van der Waals surface area (Å²) in [6.07, 6.45) is 2.34. The third-order valence-electron chi connectivity index (χ3n) is 4.44. The van der Waals surface area contributed by atoms with Crippen molar-refractivity contribution >= 4 is 17.4 Å². The second-order valence-corrected chi connectivity index (χ2v) is 7.04. The van der Waals surface area contributed by atoms with Crippen LogP contribution < -0.4 is 15.8 Å². The molecule has 134 valence electrons. The number of benzene rings is 2. The van der Waals surface area contributed by atoms with Crippen molar-refractivity contribution in [3.05, 3.63) is 70.8 Å². The maximum atomic E-state index is 12.8. The van der Waals surface area contributed by atoms with Crippen molar-refractivity contribution in [2.75, 3.05) is 7.11 Å². The molecule has 0 aliphatic carbocycles. The summed E-state index contributed by atoms with van der Waals surface area (Å²) in [6.45, 7) is 4.14. The van der Waals surface area contributed by atoms with Gasteiger partial charge in [-0.15, -0.1) is 0 Å². The minimum Gasteiger partial charge on any atom is -0.496 e. The Labute approximate surface area is 152 Å². The molecule has 1 amide bonds. The number of carbonyl (C=O) groups is 2. The number of fused-ring (bicyclic) bond motifs is 1. The summed E-state index contributed by atoms with van der Waals surface area (Å²) in [4.78, 5) is 24.4. The summed E-state index contributed by atoms with van der Waals surface area (Å²) in [5.74, 6) is -0.137.